The standard InChI is InChI=1S/C17H30N4O2/c1-16(2,3)23-15(22)21-9-6-13(10-17(4,5)12-21)20-11-14-18-7-8-19-14/h7-8,13,20H,6,9-12H2,1-5H3,(H,18,19)/t13-/m0/s1. The van der Waals surface area contributed by atoms with E-state index in [1.165, 1.54) is 0 Å². The number of ether oxygens (including phenoxy) is 1. The van der Waals surface area contributed by atoms with Crippen LogP contribution in [0.25, 0.3) is 0 Å². The van der Waals surface area contributed by atoms with Crippen molar-refractivity contribution in [2.75, 3.05) is 13.1 Å². The first-order valence-electron chi connectivity index (χ1n) is 8.34. The zero-order valence-electron chi connectivity index (χ0n) is 15.0. The number of aromatic amines is 1. The highest BCUT2D eigenvalue weighted by atomic mass is 16.6. The van der Waals surface area contributed by atoms with Gasteiger partial charge in [-0.2, -0.15) is 0 Å². The molecule has 1 aliphatic heterocycles. The number of carbonyl (C=O) groups is 1. The van der Waals surface area contributed by atoms with Crippen LogP contribution in [0.1, 0.15) is 53.3 Å². The van der Waals surface area contributed by atoms with Gasteiger partial charge in [0.25, 0.3) is 0 Å². The van der Waals surface area contributed by atoms with Gasteiger partial charge in [0.2, 0.25) is 0 Å². The number of nitrogens with zero attached hydrogens (tertiary/aromatic N) is 2. The summed E-state index contributed by atoms with van der Waals surface area (Å²) in [6.07, 6.45) is 5.32. The van der Waals surface area contributed by atoms with Crippen LogP contribution in [-0.2, 0) is 11.3 Å². The van der Waals surface area contributed by atoms with E-state index in [0.717, 1.165) is 31.8 Å². The molecule has 0 unspecified atom stereocenters. The molecule has 6 nitrogen and oxygen atoms in total. The molecule has 2 rings (SSSR count). The van der Waals surface area contributed by atoms with E-state index in [1.54, 1.807) is 6.20 Å². The monoisotopic (exact) mass is 322 g/mol. The van der Waals surface area contributed by atoms with E-state index >= 15 is 0 Å². The van der Waals surface area contributed by atoms with Crippen LogP contribution in [0.3, 0.4) is 0 Å². The molecular weight excluding hydrogens is 292 g/mol. The minimum absolute atomic E-state index is 0.0498. The van der Waals surface area contributed by atoms with Gasteiger partial charge in [-0.25, -0.2) is 9.78 Å². The number of hydrogen-bond acceptors (Lipinski definition) is 4. The summed E-state index contributed by atoms with van der Waals surface area (Å²) in [7, 11) is 0. The Kier molecular flexibility index (Phi) is 5.34. The van der Waals surface area contributed by atoms with Gasteiger partial charge in [-0.3, -0.25) is 0 Å². The van der Waals surface area contributed by atoms with E-state index in [2.05, 4.69) is 29.1 Å². The summed E-state index contributed by atoms with van der Waals surface area (Å²) in [5, 5.41) is 3.55. The lowest BCUT2D eigenvalue weighted by Crippen LogP contribution is -2.41. The van der Waals surface area contributed by atoms with Crippen molar-refractivity contribution in [3.8, 4) is 0 Å². The summed E-state index contributed by atoms with van der Waals surface area (Å²) in [6.45, 7) is 12.3. The molecule has 1 aromatic rings. The molecule has 1 aromatic heterocycles. The molecule has 0 bridgehead atoms. The first-order valence-corrected chi connectivity index (χ1v) is 8.34. The largest absolute Gasteiger partial charge is 0.444 e. The first-order chi connectivity index (χ1) is 10.6. The third-order valence-electron chi connectivity index (χ3n) is 3.93. The van der Waals surface area contributed by atoms with E-state index in [1.807, 2.05) is 31.9 Å². The number of nitrogens with one attached hydrogen (secondary N) is 2. The van der Waals surface area contributed by atoms with Gasteiger partial charge in [0.15, 0.2) is 0 Å². The minimum Gasteiger partial charge on any atom is -0.444 e. The zero-order chi connectivity index (χ0) is 17.1. The highest BCUT2D eigenvalue weighted by Gasteiger charge is 2.33. The van der Waals surface area contributed by atoms with E-state index < -0.39 is 5.60 Å². The van der Waals surface area contributed by atoms with E-state index in [9.17, 15) is 4.79 Å². The number of carbonyl (C=O) groups excluding carboxylic acids is 1. The molecule has 0 saturated carbocycles. The van der Waals surface area contributed by atoms with Crippen molar-refractivity contribution in [2.45, 2.75) is 65.6 Å². The summed E-state index contributed by atoms with van der Waals surface area (Å²) in [6, 6.07) is 0.363. The van der Waals surface area contributed by atoms with Crippen LogP contribution in [0.2, 0.25) is 0 Å². The number of aromatic nitrogens is 2. The summed E-state index contributed by atoms with van der Waals surface area (Å²) < 4.78 is 5.53. The Labute approximate surface area is 139 Å². The smallest absolute Gasteiger partial charge is 0.410 e. The number of likely N-dealkylation sites (tertiary alicyclic amines) is 1. The molecule has 0 aromatic carbocycles. The number of H-pyrrole nitrogens is 1. The van der Waals surface area contributed by atoms with Crippen molar-refractivity contribution >= 4 is 6.09 Å². The van der Waals surface area contributed by atoms with Gasteiger partial charge in [0, 0.05) is 31.5 Å². The predicted molar refractivity (Wildman–Crippen MR) is 90.0 cm³/mol. The second-order valence-electron chi connectivity index (χ2n) is 8.17. The van der Waals surface area contributed by atoms with Gasteiger partial charge < -0.3 is 19.9 Å². The molecule has 0 spiro atoms. The van der Waals surface area contributed by atoms with Gasteiger partial charge in [-0.05, 0) is 39.0 Å². The number of hydrogen-bond donors (Lipinski definition) is 2. The fraction of sp³-hybridized carbons (Fsp3) is 0.765. The Hall–Kier alpha value is -1.56. The maximum absolute atomic E-state index is 12.4. The molecule has 0 radical (unpaired) electrons. The van der Waals surface area contributed by atoms with Crippen LogP contribution in [0.15, 0.2) is 12.4 Å². The summed E-state index contributed by atoms with van der Waals surface area (Å²) in [4.78, 5) is 21.6. The van der Waals surface area contributed by atoms with Crippen molar-refractivity contribution in [3.63, 3.8) is 0 Å². The molecule has 130 valence electrons. The van der Waals surface area contributed by atoms with Gasteiger partial charge in [-0.15, -0.1) is 0 Å². The second kappa shape index (κ2) is 6.91. The van der Waals surface area contributed by atoms with Gasteiger partial charge >= 0.3 is 6.09 Å². The average Bonchev–Trinajstić information content (AvgIpc) is 2.85. The molecule has 1 fully saturated rings. The quantitative estimate of drug-likeness (QED) is 0.897. The normalized spacial score (nSPS) is 21.8. The van der Waals surface area contributed by atoms with E-state index in [-0.39, 0.29) is 11.5 Å². The fourth-order valence-corrected chi connectivity index (χ4v) is 3.03. The third kappa shape index (κ3) is 5.86. The predicted octanol–water partition coefficient (Wildman–Crippen LogP) is 2.93. The number of rotatable bonds is 3. The molecule has 2 N–H and O–H groups in total. The van der Waals surface area contributed by atoms with Crippen molar-refractivity contribution in [1.29, 1.82) is 0 Å². The van der Waals surface area contributed by atoms with Crippen LogP contribution in [0, 0.1) is 5.41 Å². The van der Waals surface area contributed by atoms with Gasteiger partial charge in [0.1, 0.15) is 11.4 Å². The van der Waals surface area contributed by atoms with E-state index in [4.69, 9.17) is 4.74 Å². The topological polar surface area (TPSA) is 70.2 Å². The van der Waals surface area contributed by atoms with Crippen molar-refractivity contribution in [3.05, 3.63) is 18.2 Å². The minimum atomic E-state index is -0.454. The summed E-state index contributed by atoms with van der Waals surface area (Å²) in [5.41, 5.74) is -0.404. The molecular formula is C17H30N4O2. The van der Waals surface area contributed by atoms with Crippen LogP contribution in [0.4, 0.5) is 4.79 Å². The van der Waals surface area contributed by atoms with Crippen molar-refractivity contribution in [1.82, 2.24) is 20.2 Å². The highest BCUT2D eigenvalue weighted by molar-refractivity contribution is 5.68. The average molecular weight is 322 g/mol. The lowest BCUT2D eigenvalue weighted by atomic mass is 9.86. The zero-order valence-corrected chi connectivity index (χ0v) is 15.0. The Morgan fingerprint density at radius 1 is 1.52 bits per heavy atom. The molecule has 1 aliphatic rings. The van der Waals surface area contributed by atoms with Crippen LogP contribution >= 0.6 is 0 Å². The van der Waals surface area contributed by atoms with Crippen LogP contribution in [-0.4, -0.2) is 45.7 Å². The molecule has 1 amide bonds. The highest BCUT2D eigenvalue weighted by Crippen LogP contribution is 2.29. The fourth-order valence-electron chi connectivity index (χ4n) is 3.03. The molecule has 1 atom stereocenters. The summed E-state index contributed by atoms with van der Waals surface area (Å²) in [5.74, 6) is 0.941. The van der Waals surface area contributed by atoms with Crippen LogP contribution in [0.5, 0.6) is 0 Å². The maximum Gasteiger partial charge on any atom is 0.410 e. The lowest BCUT2D eigenvalue weighted by Gasteiger charge is -2.31. The number of amides is 1. The molecule has 0 aliphatic carbocycles. The second-order valence-corrected chi connectivity index (χ2v) is 8.17. The maximum atomic E-state index is 12.4. The van der Waals surface area contributed by atoms with Gasteiger partial charge in [0.05, 0.1) is 6.54 Å². The molecule has 6 heteroatoms. The third-order valence-corrected chi connectivity index (χ3v) is 3.93. The molecule has 1 saturated heterocycles. The van der Waals surface area contributed by atoms with Crippen LogP contribution < -0.4 is 5.32 Å². The van der Waals surface area contributed by atoms with E-state index in [0.29, 0.717) is 12.6 Å². The Balaban J connectivity index is 1.94. The summed E-state index contributed by atoms with van der Waals surface area (Å²) >= 11 is 0. The Morgan fingerprint density at radius 3 is 2.87 bits per heavy atom. The Bertz CT molecular complexity index is 505. The van der Waals surface area contributed by atoms with Gasteiger partial charge in [-0.1, -0.05) is 13.8 Å². The van der Waals surface area contributed by atoms with Crippen molar-refractivity contribution in [2.24, 2.45) is 5.41 Å². The Morgan fingerprint density at radius 2 is 2.26 bits per heavy atom. The SMILES string of the molecule is CC1(C)C[C@@H](NCc2ncc[nH]2)CCN(C(=O)OC(C)(C)C)C1. The molecule has 2 heterocycles. The molecule has 23 heavy (non-hydrogen) atoms. The number of imidazole rings is 1. The van der Waals surface area contributed by atoms with Crippen molar-refractivity contribution < 1.29 is 9.53 Å². The first kappa shape index (κ1) is 17.8. The lowest BCUT2D eigenvalue weighted by molar-refractivity contribution is 0.0200.